The van der Waals surface area contributed by atoms with Crippen LogP contribution in [-0.4, -0.2) is 14.2 Å². The minimum atomic E-state index is -3.25. The summed E-state index contributed by atoms with van der Waals surface area (Å²) in [6, 6.07) is 14.3. The average Bonchev–Trinajstić information content (AvgIpc) is 2.38. The van der Waals surface area contributed by atoms with Crippen LogP contribution >= 0.6 is 0 Å². The minimum absolute atomic E-state index is 0.0741. The molecule has 0 unspecified atom stereocenters. The Morgan fingerprint density at radius 1 is 1.05 bits per heavy atom. The number of anilines is 1. The third kappa shape index (κ3) is 3.35. The van der Waals surface area contributed by atoms with E-state index < -0.39 is 9.84 Å². The molecule has 0 radical (unpaired) electrons. The Bertz CT molecular complexity index is 678. The number of nitrogens with two attached hydrogens (primary N) is 1. The van der Waals surface area contributed by atoms with E-state index in [1.165, 1.54) is 0 Å². The van der Waals surface area contributed by atoms with Crippen LogP contribution in [-0.2, 0) is 16.3 Å². The van der Waals surface area contributed by atoms with Crippen molar-refractivity contribution < 1.29 is 8.42 Å². The second-order valence-electron chi connectivity index (χ2n) is 4.58. The maximum atomic E-state index is 12.2. The third-order valence-electron chi connectivity index (χ3n) is 3.04. The highest BCUT2D eigenvalue weighted by Crippen LogP contribution is 2.17. The standard InChI is InChI=1S/C15H17NO2S/c1-12-5-4-7-14(11-12)19(17,18)10-9-13-6-2-3-8-15(13)16/h2-8,11H,9-10,16H2,1H3. The molecule has 4 heteroatoms. The van der Waals surface area contributed by atoms with E-state index in [0.29, 0.717) is 17.0 Å². The predicted molar refractivity (Wildman–Crippen MR) is 77.8 cm³/mol. The quantitative estimate of drug-likeness (QED) is 0.872. The largest absolute Gasteiger partial charge is 0.399 e. The summed E-state index contributed by atoms with van der Waals surface area (Å²) >= 11 is 0. The predicted octanol–water partition coefficient (Wildman–Crippen LogP) is 2.59. The fourth-order valence-corrected chi connectivity index (χ4v) is 3.31. The van der Waals surface area contributed by atoms with Gasteiger partial charge in [-0.05, 0) is 42.7 Å². The van der Waals surface area contributed by atoms with Crippen LogP contribution in [0.2, 0.25) is 0 Å². The molecule has 2 aromatic carbocycles. The molecule has 2 rings (SSSR count). The van der Waals surface area contributed by atoms with Crippen LogP contribution in [0.5, 0.6) is 0 Å². The second-order valence-corrected chi connectivity index (χ2v) is 6.69. The maximum absolute atomic E-state index is 12.2. The normalized spacial score (nSPS) is 11.4. The van der Waals surface area contributed by atoms with E-state index in [0.717, 1.165) is 11.1 Å². The molecule has 0 aliphatic carbocycles. The molecule has 0 fully saturated rings. The second kappa shape index (κ2) is 5.45. The number of hydrogen-bond acceptors (Lipinski definition) is 3. The van der Waals surface area contributed by atoms with Gasteiger partial charge in [-0.25, -0.2) is 8.42 Å². The summed E-state index contributed by atoms with van der Waals surface area (Å²) in [4.78, 5) is 0.377. The van der Waals surface area contributed by atoms with E-state index in [4.69, 9.17) is 5.73 Å². The summed E-state index contributed by atoms with van der Waals surface area (Å²) in [5.41, 5.74) is 8.28. The Labute approximate surface area is 114 Å². The van der Waals surface area contributed by atoms with Gasteiger partial charge in [-0.15, -0.1) is 0 Å². The molecule has 2 N–H and O–H groups in total. The van der Waals surface area contributed by atoms with Crippen LogP contribution in [0.3, 0.4) is 0 Å². The van der Waals surface area contributed by atoms with Crippen LogP contribution in [0.1, 0.15) is 11.1 Å². The lowest BCUT2D eigenvalue weighted by molar-refractivity contribution is 0.595. The van der Waals surface area contributed by atoms with E-state index in [9.17, 15) is 8.42 Å². The van der Waals surface area contributed by atoms with Crippen molar-refractivity contribution in [1.29, 1.82) is 0 Å². The molecule has 0 saturated heterocycles. The van der Waals surface area contributed by atoms with E-state index >= 15 is 0 Å². The highest BCUT2D eigenvalue weighted by atomic mass is 32.2. The molecular formula is C15H17NO2S. The number of para-hydroxylation sites is 1. The van der Waals surface area contributed by atoms with E-state index in [1.807, 2.05) is 31.2 Å². The minimum Gasteiger partial charge on any atom is -0.399 e. The molecule has 0 aromatic heterocycles. The Morgan fingerprint density at radius 2 is 1.79 bits per heavy atom. The Hall–Kier alpha value is -1.81. The van der Waals surface area contributed by atoms with Gasteiger partial charge < -0.3 is 5.73 Å². The number of sulfone groups is 1. The van der Waals surface area contributed by atoms with Gasteiger partial charge in [0.15, 0.2) is 9.84 Å². The Kier molecular flexibility index (Phi) is 3.90. The van der Waals surface area contributed by atoms with Crippen LogP contribution in [0.15, 0.2) is 53.4 Å². The van der Waals surface area contributed by atoms with Gasteiger partial charge in [-0.2, -0.15) is 0 Å². The smallest absolute Gasteiger partial charge is 0.178 e. The summed E-state index contributed by atoms with van der Waals surface area (Å²) < 4.78 is 24.5. The first-order chi connectivity index (χ1) is 8.99. The molecule has 2 aromatic rings. The molecule has 0 bridgehead atoms. The monoisotopic (exact) mass is 275 g/mol. The highest BCUT2D eigenvalue weighted by molar-refractivity contribution is 7.91. The zero-order valence-electron chi connectivity index (χ0n) is 10.8. The van der Waals surface area contributed by atoms with Gasteiger partial charge in [0.1, 0.15) is 0 Å². The maximum Gasteiger partial charge on any atom is 0.178 e. The molecule has 0 spiro atoms. The van der Waals surface area contributed by atoms with Gasteiger partial charge in [-0.3, -0.25) is 0 Å². The van der Waals surface area contributed by atoms with Gasteiger partial charge >= 0.3 is 0 Å². The van der Waals surface area contributed by atoms with Gasteiger partial charge in [-0.1, -0.05) is 30.3 Å². The molecule has 0 aliphatic heterocycles. The Morgan fingerprint density at radius 3 is 2.47 bits per heavy atom. The summed E-state index contributed by atoms with van der Waals surface area (Å²) in [6.45, 7) is 1.88. The topological polar surface area (TPSA) is 60.2 Å². The number of hydrogen-bond donors (Lipinski definition) is 1. The fraction of sp³-hybridized carbons (Fsp3) is 0.200. The molecule has 0 saturated carbocycles. The summed E-state index contributed by atoms with van der Waals surface area (Å²) in [6.07, 6.45) is 0.433. The fourth-order valence-electron chi connectivity index (χ4n) is 1.93. The van der Waals surface area contributed by atoms with Gasteiger partial charge in [0.25, 0.3) is 0 Å². The number of nitrogen functional groups attached to an aromatic ring is 1. The molecule has 0 atom stereocenters. The first-order valence-corrected chi connectivity index (χ1v) is 7.77. The molecule has 0 amide bonds. The lowest BCUT2D eigenvalue weighted by atomic mass is 10.1. The van der Waals surface area contributed by atoms with Crippen LogP contribution in [0, 0.1) is 6.92 Å². The van der Waals surface area contributed by atoms with Crippen molar-refractivity contribution in [2.45, 2.75) is 18.2 Å². The van der Waals surface area contributed by atoms with Gasteiger partial charge in [0, 0.05) is 5.69 Å². The van der Waals surface area contributed by atoms with Crippen LogP contribution in [0.25, 0.3) is 0 Å². The molecule has 19 heavy (non-hydrogen) atoms. The first-order valence-electron chi connectivity index (χ1n) is 6.12. The average molecular weight is 275 g/mol. The molecule has 3 nitrogen and oxygen atoms in total. The molecule has 100 valence electrons. The molecule has 0 aliphatic rings. The van der Waals surface area contributed by atoms with E-state index in [1.54, 1.807) is 24.3 Å². The summed E-state index contributed by atoms with van der Waals surface area (Å²) in [5, 5.41) is 0. The third-order valence-corrected chi connectivity index (χ3v) is 4.76. The SMILES string of the molecule is Cc1cccc(S(=O)(=O)CCc2ccccc2N)c1. The molecular weight excluding hydrogens is 258 g/mol. The van der Waals surface area contributed by atoms with Crippen LogP contribution in [0.4, 0.5) is 5.69 Å². The number of benzene rings is 2. The molecule has 0 heterocycles. The van der Waals surface area contributed by atoms with E-state index in [-0.39, 0.29) is 5.75 Å². The van der Waals surface area contributed by atoms with Crippen molar-refractivity contribution in [2.24, 2.45) is 0 Å². The van der Waals surface area contributed by atoms with Crippen LogP contribution < -0.4 is 5.73 Å². The summed E-state index contributed by atoms with van der Waals surface area (Å²) in [7, 11) is -3.25. The van der Waals surface area contributed by atoms with Crippen molar-refractivity contribution in [2.75, 3.05) is 11.5 Å². The van der Waals surface area contributed by atoms with Crippen molar-refractivity contribution in [3.8, 4) is 0 Å². The van der Waals surface area contributed by atoms with Gasteiger partial charge in [0.05, 0.1) is 10.6 Å². The van der Waals surface area contributed by atoms with Crippen molar-refractivity contribution >= 4 is 15.5 Å². The van der Waals surface area contributed by atoms with Crippen molar-refractivity contribution in [3.05, 3.63) is 59.7 Å². The highest BCUT2D eigenvalue weighted by Gasteiger charge is 2.14. The first kappa shape index (κ1) is 13.6. The van der Waals surface area contributed by atoms with Gasteiger partial charge in [0.2, 0.25) is 0 Å². The summed E-state index contributed by atoms with van der Waals surface area (Å²) in [5.74, 6) is 0.0741. The van der Waals surface area contributed by atoms with E-state index in [2.05, 4.69) is 0 Å². The van der Waals surface area contributed by atoms with Crippen molar-refractivity contribution in [1.82, 2.24) is 0 Å². The Balaban J connectivity index is 2.17. The van der Waals surface area contributed by atoms with Crippen molar-refractivity contribution in [3.63, 3.8) is 0 Å². The number of rotatable bonds is 4. The number of aryl methyl sites for hydroxylation is 2. The lowest BCUT2D eigenvalue weighted by Crippen LogP contribution is -2.10. The zero-order valence-corrected chi connectivity index (χ0v) is 11.7. The lowest BCUT2D eigenvalue weighted by Gasteiger charge is -2.07. The zero-order chi connectivity index (χ0) is 13.9.